The molecule has 1 aromatic heterocycles. The largest absolute Gasteiger partial charge is 0.345 e. The fourth-order valence-corrected chi connectivity index (χ4v) is 2.08. The third-order valence-electron chi connectivity index (χ3n) is 1.94. The Kier molecular flexibility index (Phi) is 3.75. The molecular formula is C10H7BrClN3O2. The highest BCUT2D eigenvalue weighted by atomic mass is 79.9. The molecule has 0 unspecified atom stereocenters. The molecule has 0 aliphatic rings. The molecule has 0 fully saturated rings. The molecule has 5 nitrogen and oxygen atoms in total. The van der Waals surface area contributed by atoms with Gasteiger partial charge in [0.2, 0.25) is 6.39 Å². The predicted octanol–water partition coefficient (Wildman–Crippen LogP) is 2.42. The molecule has 1 heterocycles. The highest BCUT2D eigenvalue weighted by molar-refractivity contribution is 9.10. The van der Waals surface area contributed by atoms with E-state index >= 15 is 0 Å². The quantitative estimate of drug-likeness (QED) is 0.944. The molecule has 2 rings (SSSR count). The number of halogens is 2. The summed E-state index contributed by atoms with van der Waals surface area (Å²) in [5, 5.41) is 6.72. The molecule has 0 saturated carbocycles. The van der Waals surface area contributed by atoms with Crippen LogP contribution in [0.1, 0.15) is 16.2 Å². The summed E-state index contributed by atoms with van der Waals surface area (Å²) in [6.45, 7) is 0.208. The zero-order valence-corrected chi connectivity index (χ0v) is 10.8. The maximum atomic E-state index is 11.8. The molecule has 0 saturated heterocycles. The number of rotatable bonds is 3. The first kappa shape index (κ1) is 12.1. The number of aromatic nitrogens is 2. The zero-order chi connectivity index (χ0) is 12.3. The maximum Gasteiger partial charge on any atom is 0.251 e. The van der Waals surface area contributed by atoms with Gasteiger partial charge in [-0.3, -0.25) is 4.79 Å². The summed E-state index contributed by atoms with van der Waals surface area (Å²) >= 11 is 9.11. The van der Waals surface area contributed by atoms with Gasteiger partial charge in [-0.1, -0.05) is 32.7 Å². The lowest BCUT2D eigenvalue weighted by molar-refractivity contribution is 0.0949. The Balaban J connectivity index is 2.04. The van der Waals surface area contributed by atoms with Gasteiger partial charge in [-0.15, -0.1) is 0 Å². The Morgan fingerprint density at radius 3 is 2.94 bits per heavy atom. The third kappa shape index (κ3) is 3.28. The standard InChI is InChI=1S/C10H7BrClN3O2/c11-7-1-6(2-8(12)3-7)10(16)13-4-9-14-5-17-15-9/h1-3,5H,4H2,(H,13,16). The number of carbonyl (C=O) groups excluding carboxylic acids is 1. The van der Waals surface area contributed by atoms with E-state index in [-0.39, 0.29) is 12.5 Å². The van der Waals surface area contributed by atoms with E-state index in [1.165, 1.54) is 6.39 Å². The Hall–Kier alpha value is -1.40. The molecule has 0 bridgehead atoms. The van der Waals surface area contributed by atoms with Gasteiger partial charge in [0.15, 0.2) is 5.82 Å². The van der Waals surface area contributed by atoms with E-state index < -0.39 is 0 Å². The smallest absolute Gasteiger partial charge is 0.251 e. The van der Waals surface area contributed by atoms with Crippen LogP contribution in [0.4, 0.5) is 0 Å². The van der Waals surface area contributed by atoms with Crippen molar-refractivity contribution in [2.24, 2.45) is 0 Å². The normalized spacial score (nSPS) is 10.2. The van der Waals surface area contributed by atoms with Crippen molar-refractivity contribution >= 4 is 33.4 Å². The molecular weight excluding hydrogens is 309 g/mol. The summed E-state index contributed by atoms with van der Waals surface area (Å²) in [4.78, 5) is 15.6. The molecule has 1 amide bonds. The number of hydrogen-bond donors (Lipinski definition) is 1. The molecule has 1 aromatic carbocycles. The first-order valence-electron chi connectivity index (χ1n) is 4.64. The second kappa shape index (κ2) is 5.29. The number of carbonyl (C=O) groups is 1. The number of benzene rings is 1. The van der Waals surface area contributed by atoms with Crippen LogP contribution in [0.15, 0.2) is 33.6 Å². The molecule has 0 spiro atoms. The maximum absolute atomic E-state index is 11.8. The van der Waals surface area contributed by atoms with Crippen LogP contribution in [-0.2, 0) is 6.54 Å². The van der Waals surface area contributed by atoms with E-state index in [9.17, 15) is 4.79 Å². The van der Waals surface area contributed by atoms with Crippen LogP contribution in [0.25, 0.3) is 0 Å². The second-order valence-electron chi connectivity index (χ2n) is 3.19. The first-order valence-corrected chi connectivity index (χ1v) is 5.82. The van der Waals surface area contributed by atoms with Crippen LogP contribution >= 0.6 is 27.5 Å². The lowest BCUT2D eigenvalue weighted by Gasteiger charge is -2.03. The fourth-order valence-electron chi connectivity index (χ4n) is 1.22. The first-order chi connectivity index (χ1) is 8.15. The van der Waals surface area contributed by atoms with Gasteiger partial charge in [0.25, 0.3) is 5.91 Å². The molecule has 0 aliphatic heterocycles. The van der Waals surface area contributed by atoms with Crippen LogP contribution < -0.4 is 5.32 Å². The van der Waals surface area contributed by atoms with E-state index in [1.54, 1.807) is 18.2 Å². The van der Waals surface area contributed by atoms with Gasteiger partial charge in [-0.2, -0.15) is 4.98 Å². The molecule has 2 aromatic rings. The minimum Gasteiger partial charge on any atom is -0.345 e. The van der Waals surface area contributed by atoms with E-state index in [1.807, 2.05) is 0 Å². The lowest BCUT2D eigenvalue weighted by atomic mass is 10.2. The van der Waals surface area contributed by atoms with E-state index in [0.717, 1.165) is 4.47 Å². The average Bonchev–Trinajstić information content (AvgIpc) is 2.77. The van der Waals surface area contributed by atoms with Gasteiger partial charge in [0, 0.05) is 15.1 Å². The van der Waals surface area contributed by atoms with Crippen molar-refractivity contribution in [3.63, 3.8) is 0 Å². The molecule has 1 N–H and O–H groups in total. The van der Waals surface area contributed by atoms with Crippen LogP contribution in [0.2, 0.25) is 5.02 Å². The summed E-state index contributed by atoms with van der Waals surface area (Å²) in [6, 6.07) is 4.97. The van der Waals surface area contributed by atoms with Crippen molar-refractivity contribution in [2.45, 2.75) is 6.54 Å². The average molecular weight is 317 g/mol. The summed E-state index contributed by atoms with van der Waals surface area (Å²) in [5.41, 5.74) is 0.466. The van der Waals surface area contributed by atoms with Crippen LogP contribution in [-0.4, -0.2) is 16.0 Å². The highest BCUT2D eigenvalue weighted by Crippen LogP contribution is 2.19. The Labute approximate surface area is 110 Å². The van der Waals surface area contributed by atoms with E-state index in [0.29, 0.717) is 16.4 Å². The summed E-state index contributed by atoms with van der Waals surface area (Å²) in [7, 11) is 0. The molecule has 0 atom stereocenters. The Morgan fingerprint density at radius 2 is 2.29 bits per heavy atom. The monoisotopic (exact) mass is 315 g/mol. The van der Waals surface area contributed by atoms with E-state index in [4.69, 9.17) is 11.6 Å². The number of amides is 1. The summed E-state index contributed by atoms with van der Waals surface area (Å²) in [6.07, 6.45) is 1.21. The highest BCUT2D eigenvalue weighted by Gasteiger charge is 2.08. The topological polar surface area (TPSA) is 68.0 Å². The van der Waals surface area contributed by atoms with Crippen molar-refractivity contribution < 1.29 is 9.32 Å². The van der Waals surface area contributed by atoms with Gasteiger partial charge < -0.3 is 9.84 Å². The number of hydrogen-bond acceptors (Lipinski definition) is 4. The van der Waals surface area contributed by atoms with Gasteiger partial charge >= 0.3 is 0 Å². The van der Waals surface area contributed by atoms with Crippen LogP contribution in [0.3, 0.4) is 0 Å². The van der Waals surface area contributed by atoms with Gasteiger partial charge in [-0.25, -0.2) is 0 Å². The lowest BCUT2D eigenvalue weighted by Crippen LogP contribution is -2.23. The molecule has 0 radical (unpaired) electrons. The Morgan fingerprint density at radius 1 is 1.47 bits per heavy atom. The number of nitrogens with zero attached hydrogens (tertiary/aromatic N) is 2. The predicted molar refractivity (Wildman–Crippen MR) is 64.6 cm³/mol. The van der Waals surface area contributed by atoms with E-state index in [2.05, 4.69) is 35.9 Å². The molecule has 7 heteroatoms. The van der Waals surface area contributed by atoms with Crippen LogP contribution in [0.5, 0.6) is 0 Å². The van der Waals surface area contributed by atoms with Crippen LogP contribution in [0, 0.1) is 0 Å². The molecule has 17 heavy (non-hydrogen) atoms. The minimum atomic E-state index is -0.252. The van der Waals surface area contributed by atoms with Crippen molar-refractivity contribution in [3.8, 4) is 0 Å². The van der Waals surface area contributed by atoms with Gasteiger partial charge in [-0.05, 0) is 18.2 Å². The second-order valence-corrected chi connectivity index (χ2v) is 4.54. The Bertz CT molecular complexity index is 510. The van der Waals surface area contributed by atoms with Crippen molar-refractivity contribution in [1.82, 2.24) is 15.5 Å². The molecule has 0 aliphatic carbocycles. The van der Waals surface area contributed by atoms with Crippen molar-refractivity contribution in [3.05, 3.63) is 45.5 Å². The summed E-state index contributed by atoms with van der Waals surface area (Å²) < 4.78 is 5.29. The van der Waals surface area contributed by atoms with Crippen molar-refractivity contribution in [2.75, 3.05) is 0 Å². The fraction of sp³-hybridized carbons (Fsp3) is 0.100. The third-order valence-corrected chi connectivity index (χ3v) is 2.61. The zero-order valence-electron chi connectivity index (χ0n) is 8.48. The SMILES string of the molecule is O=C(NCc1ncon1)c1cc(Cl)cc(Br)c1. The van der Waals surface area contributed by atoms with Crippen molar-refractivity contribution in [1.29, 1.82) is 0 Å². The van der Waals surface area contributed by atoms with Gasteiger partial charge in [0.1, 0.15) is 0 Å². The number of nitrogens with one attached hydrogen (secondary N) is 1. The molecule has 88 valence electrons. The minimum absolute atomic E-state index is 0.208. The summed E-state index contributed by atoms with van der Waals surface area (Å²) in [5.74, 6) is 0.164. The van der Waals surface area contributed by atoms with Gasteiger partial charge in [0.05, 0.1) is 6.54 Å².